The number of hydrogen-bond acceptors (Lipinski definition) is 4. The minimum atomic E-state index is -4.72. The van der Waals surface area contributed by atoms with Crippen molar-refractivity contribution in [1.82, 2.24) is 4.98 Å². The number of nitrogens with zero attached hydrogens (tertiary/aromatic N) is 1. The Balaban J connectivity index is 1.72. The molecule has 0 aliphatic carbocycles. The van der Waals surface area contributed by atoms with Gasteiger partial charge in [0.05, 0.1) is 5.52 Å². The molecule has 0 atom stereocenters. The summed E-state index contributed by atoms with van der Waals surface area (Å²) in [7, 11) is 0. The number of hydrogen-bond donors (Lipinski definition) is 2. The summed E-state index contributed by atoms with van der Waals surface area (Å²) in [6.07, 6.45) is -2.38. The summed E-state index contributed by atoms with van der Waals surface area (Å²) in [6, 6.07) is 13.5. The second-order valence-corrected chi connectivity index (χ2v) is 5.50. The molecule has 0 unspecified atom stereocenters. The quantitative estimate of drug-likeness (QED) is 0.673. The number of nitrogens with two attached hydrogens (primary N) is 1. The van der Waals surface area contributed by atoms with Gasteiger partial charge in [-0.2, -0.15) is 0 Å². The maximum Gasteiger partial charge on any atom is 0.573 e. The topological polar surface area (TPSA) is 60.2 Å². The fourth-order valence-electron chi connectivity index (χ4n) is 2.50. The normalized spacial score (nSPS) is 11.5. The molecule has 0 saturated carbocycles. The standard InChI is InChI=1S/C18H16F3N3O/c19-18(20,21)25-14-5-6-15-16(8-10-24-17(15)11-14)23-9-7-12-1-3-13(22)4-2-12/h1-6,8,10-11H,7,9,22H2,(H,23,24). The predicted molar refractivity (Wildman–Crippen MR) is 91.5 cm³/mol. The van der Waals surface area contributed by atoms with Gasteiger partial charge in [0, 0.05) is 35.6 Å². The zero-order valence-corrected chi connectivity index (χ0v) is 13.2. The van der Waals surface area contributed by atoms with Crippen LogP contribution in [-0.2, 0) is 6.42 Å². The summed E-state index contributed by atoms with van der Waals surface area (Å²) < 4.78 is 40.9. The maximum atomic E-state index is 12.3. The number of nitrogens with one attached hydrogen (secondary N) is 1. The van der Waals surface area contributed by atoms with Gasteiger partial charge < -0.3 is 15.8 Å². The third-order valence-corrected chi connectivity index (χ3v) is 3.66. The van der Waals surface area contributed by atoms with Crippen molar-refractivity contribution in [3.05, 3.63) is 60.3 Å². The molecule has 3 aromatic rings. The maximum absolute atomic E-state index is 12.3. The van der Waals surface area contributed by atoms with Gasteiger partial charge in [0.2, 0.25) is 0 Å². The van der Waals surface area contributed by atoms with E-state index in [0.29, 0.717) is 17.7 Å². The van der Waals surface area contributed by atoms with Gasteiger partial charge in [-0.15, -0.1) is 13.2 Å². The molecule has 0 spiro atoms. The van der Waals surface area contributed by atoms with E-state index in [0.717, 1.165) is 23.1 Å². The van der Waals surface area contributed by atoms with E-state index in [1.54, 1.807) is 18.3 Å². The summed E-state index contributed by atoms with van der Waals surface area (Å²) >= 11 is 0. The summed E-state index contributed by atoms with van der Waals surface area (Å²) in [4.78, 5) is 4.11. The van der Waals surface area contributed by atoms with Crippen LogP contribution in [0, 0.1) is 0 Å². The third kappa shape index (κ3) is 4.53. The molecular formula is C18H16F3N3O. The zero-order chi connectivity index (χ0) is 17.9. The van der Waals surface area contributed by atoms with Gasteiger partial charge >= 0.3 is 6.36 Å². The molecule has 25 heavy (non-hydrogen) atoms. The lowest BCUT2D eigenvalue weighted by Gasteiger charge is -2.12. The van der Waals surface area contributed by atoms with E-state index >= 15 is 0 Å². The molecule has 0 saturated heterocycles. The van der Waals surface area contributed by atoms with Crippen molar-refractivity contribution in [2.24, 2.45) is 0 Å². The van der Waals surface area contributed by atoms with Gasteiger partial charge in [0.1, 0.15) is 5.75 Å². The van der Waals surface area contributed by atoms with Gasteiger partial charge in [-0.1, -0.05) is 12.1 Å². The van der Waals surface area contributed by atoms with Crippen LogP contribution in [0.4, 0.5) is 24.5 Å². The first-order valence-electron chi connectivity index (χ1n) is 7.63. The zero-order valence-electron chi connectivity index (χ0n) is 13.2. The Bertz CT molecular complexity index is 864. The van der Waals surface area contributed by atoms with Crippen LogP contribution in [0.5, 0.6) is 5.75 Å². The number of pyridine rings is 1. The van der Waals surface area contributed by atoms with Gasteiger partial charge in [0.15, 0.2) is 0 Å². The van der Waals surface area contributed by atoms with Crippen LogP contribution in [-0.4, -0.2) is 17.9 Å². The van der Waals surface area contributed by atoms with Crippen LogP contribution in [0.1, 0.15) is 5.56 Å². The molecule has 0 fully saturated rings. The Morgan fingerprint density at radius 2 is 1.80 bits per heavy atom. The average Bonchev–Trinajstić information content (AvgIpc) is 2.55. The number of nitrogen functional groups attached to an aromatic ring is 1. The monoisotopic (exact) mass is 347 g/mol. The summed E-state index contributed by atoms with van der Waals surface area (Å²) in [5.41, 5.74) is 8.75. The number of rotatable bonds is 5. The van der Waals surface area contributed by atoms with Gasteiger partial charge in [0.25, 0.3) is 0 Å². The number of alkyl halides is 3. The van der Waals surface area contributed by atoms with Crippen molar-refractivity contribution in [3.8, 4) is 5.75 Å². The first-order chi connectivity index (χ1) is 11.9. The van der Waals surface area contributed by atoms with Crippen LogP contribution in [0.15, 0.2) is 54.7 Å². The number of fused-ring (bicyclic) bond motifs is 1. The number of aromatic nitrogens is 1. The van der Waals surface area contributed by atoms with Crippen molar-refractivity contribution in [2.75, 3.05) is 17.6 Å². The molecule has 4 nitrogen and oxygen atoms in total. The molecule has 2 aromatic carbocycles. The molecule has 130 valence electrons. The van der Waals surface area contributed by atoms with E-state index in [1.165, 1.54) is 12.1 Å². The Morgan fingerprint density at radius 1 is 1.04 bits per heavy atom. The Labute approximate surface area is 142 Å². The van der Waals surface area contributed by atoms with Crippen LogP contribution < -0.4 is 15.8 Å². The molecule has 0 bridgehead atoms. The molecule has 0 amide bonds. The third-order valence-electron chi connectivity index (χ3n) is 3.66. The van der Waals surface area contributed by atoms with Crippen molar-refractivity contribution < 1.29 is 17.9 Å². The fraction of sp³-hybridized carbons (Fsp3) is 0.167. The summed E-state index contributed by atoms with van der Waals surface area (Å²) in [5.74, 6) is -0.286. The van der Waals surface area contributed by atoms with Crippen LogP contribution in [0.3, 0.4) is 0 Å². The van der Waals surface area contributed by atoms with Crippen molar-refractivity contribution in [3.63, 3.8) is 0 Å². The lowest BCUT2D eigenvalue weighted by Crippen LogP contribution is -2.17. The molecule has 0 aliphatic rings. The number of benzene rings is 2. The highest BCUT2D eigenvalue weighted by Crippen LogP contribution is 2.28. The number of ether oxygens (including phenoxy) is 1. The van der Waals surface area contributed by atoms with E-state index in [2.05, 4.69) is 15.0 Å². The molecule has 7 heteroatoms. The largest absolute Gasteiger partial charge is 0.573 e. The van der Waals surface area contributed by atoms with Crippen molar-refractivity contribution >= 4 is 22.3 Å². The lowest BCUT2D eigenvalue weighted by molar-refractivity contribution is -0.274. The summed E-state index contributed by atoms with van der Waals surface area (Å²) in [5, 5.41) is 4.02. The summed E-state index contributed by atoms with van der Waals surface area (Å²) in [6.45, 7) is 0.670. The van der Waals surface area contributed by atoms with Gasteiger partial charge in [-0.05, 0) is 42.3 Å². The number of halogens is 3. The molecule has 1 heterocycles. The highest BCUT2D eigenvalue weighted by Gasteiger charge is 2.31. The Hall–Kier alpha value is -2.96. The van der Waals surface area contributed by atoms with Gasteiger partial charge in [-0.25, -0.2) is 0 Å². The first-order valence-corrected chi connectivity index (χ1v) is 7.63. The average molecular weight is 347 g/mol. The molecule has 0 aliphatic heterocycles. The second-order valence-electron chi connectivity index (χ2n) is 5.50. The molecule has 3 N–H and O–H groups in total. The smallest absolute Gasteiger partial charge is 0.406 e. The van der Waals surface area contributed by atoms with E-state index in [9.17, 15) is 13.2 Å². The van der Waals surface area contributed by atoms with E-state index < -0.39 is 6.36 Å². The minimum absolute atomic E-state index is 0.286. The second kappa shape index (κ2) is 6.88. The highest BCUT2D eigenvalue weighted by molar-refractivity contribution is 5.91. The van der Waals surface area contributed by atoms with E-state index in [1.807, 2.05) is 24.3 Å². The van der Waals surface area contributed by atoms with Gasteiger partial charge in [-0.3, -0.25) is 4.98 Å². The highest BCUT2D eigenvalue weighted by atomic mass is 19.4. The Morgan fingerprint density at radius 3 is 2.52 bits per heavy atom. The van der Waals surface area contributed by atoms with Crippen LogP contribution in [0.2, 0.25) is 0 Å². The van der Waals surface area contributed by atoms with E-state index in [-0.39, 0.29) is 5.75 Å². The Kier molecular flexibility index (Phi) is 4.65. The lowest BCUT2D eigenvalue weighted by atomic mass is 10.1. The molecular weight excluding hydrogens is 331 g/mol. The predicted octanol–water partition coefficient (Wildman–Crippen LogP) is 4.37. The van der Waals surface area contributed by atoms with Crippen LogP contribution in [0.25, 0.3) is 10.9 Å². The van der Waals surface area contributed by atoms with Crippen molar-refractivity contribution in [2.45, 2.75) is 12.8 Å². The van der Waals surface area contributed by atoms with Crippen molar-refractivity contribution in [1.29, 1.82) is 0 Å². The molecule has 1 aromatic heterocycles. The molecule has 0 radical (unpaired) electrons. The fourth-order valence-corrected chi connectivity index (χ4v) is 2.50. The SMILES string of the molecule is Nc1ccc(CCNc2ccnc3cc(OC(F)(F)F)ccc23)cc1. The van der Waals surface area contributed by atoms with E-state index in [4.69, 9.17) is 5.73 Å². The van der Waals surface area contributed by atoms with Crippen LogP contribution >= 0.6 is 0 Å². The first kappa shape index (κ1) is 16.9. The number of anilines is 2. The minimum Gasteiger partial charge on any atom is -0.406 e. The molecule has 3 rings (SSSR count).